The number of nitriles is 1. The van der Waals surface area contributed by atoms with Gasteiger partial charge in [0.25, 0.3) is 0 Å². The molecular weight excluding hydrogens is 403 g/mol. The predicted octanol–water partition coefficient (Wildman–Crippen LogP) is 2.48. The van der Waals surface area contributed by atoms with Gasteiger partial charge in [-0.2, -0.15) is 18.4 Å². The minimum Gasteiger partial charge on any atom is -0.357 e. The zero-order valence-corrected chi connectivity index (χ0v) is 16.1. The largest absolute Gasteiger partial charge is 0.417 e. The SMILES string of the molecule is CONC1=C[C@@]23CCO[C@H]4[C@@H]2[C@H](C(=O)N4c2ccc(C#N)c(C(F)(F)F)c2)[C@]1(C)O3. The normalized spacial score (nSPS) is 36.5. The first-order valence-corrected chi connectivity index (χ1v) is 9.45. The molecule has 0 saturated carbocycles. The van der Waals surface area contributed by atoms with Crippen molar-refractivity contribution in [3.63, 3.8) is 0 Å². The van der Waals surface area contributed by atoms with Crippen LogP contribution in [0.5, 0.6) is 0 Å². The van der Waals surface area contributed by atoms with Gasteiger partial charge in [0.05, 0.1) is 54.0 Å². The van der Waals surface area contributed by atoms with Crippen LogP contribution in [0.4, 0.5) is 18.9 Å². The molecule has 4 aliphatic heterocycles. The van der Waals surface area contributed by atoms with Gasteiger partial charge >= 0.3 is 6.18 Å². The molecule has 4 heterocycles. The number of fused-ring (bicyclic) bond motifs is 2. The second-order valence-corrected chi connectivity index (χ2v) is 8.09. The number of ether oxygens (including phenoxy) is 2. The van der Waals surface area contributed by atoms with Crippen molar-refractivity contribution < 1.29 is 32.3 Å². The van der Waals surface area contributed by atoms with E-state index in [4.69, 9.17) is 19.6 Å². The van der Waals surface area contributed by atoms with Gasteiger partial charge in [0, 0.05) is 12.1 Å². The van der Waals surface area contributed by atoms with Gasteiger partial charge in [-0.1, -0.05) is 0 Å². The molecule has 0 aliphatic carbocycles. The Labute approximate surface area is 169 Å². The molecule has 3 saturated heterocycles. The third-order valence-corrected chi connectivity index (χ3v) is 6.61. The van der Waals surface area contributed by atoms with Crippen molar-refractivity contribution in [1.29, 1.82) is 5.26 Å². The minimum atomic E-state index is -4.72. The Morgan fingerprint density at radius 2 is 2.17 bits per heavy atom. The highest BCUT2D eigenvalue weighted by molar-refractivity contribution is 6.00. The van der Waals surface area contributed by atoms with Gasteiger partial charge in [0.15, 0.2) is 0 Å². The molecule has 10 heteroatoms. The van der Waals surface area contributed by atoms with Crippen LogP contribution in [0.1, 0.15) is 24.5 Å². The fourth-order valence-corrected chi connectivity index (χ4v) is 5.45. The number of anilines is 1. The fourth-order valence-electron chi connectivity index (χ4n) is 5.45. The number of nitrogens with zero attached hydrogens (tertiary/aromatic N) is 2. The first-order chi connectivity index (χ1) is 14.2. The van der Waals surface area contributed by atoms with E-state index in [-0.39, 0.29) is 24.1 Å². The van der Waals surface area contributed by atoms with Crippen molar-refractivity contribution in [3.05, 3.63) is 41.1 Å². The number of carbonyl (C=O) groups excluding carboxylic acids is 1. The highest BCUT2D eigenvalue weighted by atomic mass is 19.4. The van der Waals surface area contributed by atoms with Crippen molar-refractivity contribution in [2.45, 2.75) is 37.0 Å². The van der Waals surface area contributed by atoms with Crippen molar-refractivity contribution >= 4 is 11.6 Å². The minimum absolute atomic E-state index is 0.0482. The molecule has 7 nitrogen and oxygen atoms in total. The monoisotopic (exact) mass is 421 g/mol. The van der Waals surface area contributed by atoms with E-state index in [1.807, 2.05) is 6.08 Å². The highest BCUT2D eigenvalue weighted by Crippen LogP contribution is 2.64. The Morgan fingerprint density at radius 1 is 1.40 bits per heavy atom. The second-order valence-electron chi connectivity index (χ2n) is 8.09. The molecule has 0 radical (unpaired) electrons. The molecule has 30 heavy (non-hydrogen) atoms. The summed E-state index contributed by atoms with van der Waals surface area (Å²) in [5.41, 5.74) is 0.120. The Bertz CT molecular complexity index is 1020. The van der Waals surface area contributed by atoms with Gasteiger partial charge in [-0.3, -0.25) is 20.0 Å². The number of nitrogens with one attached hydrogen (secondary N) is 1. The van der Waals surface area contributed by atoms with E-state index in [2.05, 4.69) is 5.48 Å². The molecule has 0 unspecified atom stereocenters. The summed E-state index contributed by atoms with van der Waals surface area (Å²) in [5, 5.41) is 9.06. The molecular formula is C20H18F3N3O4. The summed E-state index contributed by atoms with van der Waals surface area (Å²) in [6, 6.07) is 4.84. The quantitative estimate of drug-likeness (QED) is 0.755. The first-order valence-electron chi connectivity index (χ1n) is 9.45. The number of benzene rings is 1. The summed E-state index contributed by atoms with van der Waals surface area (Å²) >= 11 is 0. The van der Waals surface area contributed by atoms with E-state index in [0.717, 1.165) is 12.1 Å². The molecule has 158 valence electrons. The summed E-state index contributed by atoms with van der Waals surface area (Å²) < 4.78 is 52.7. The molecule has 2 bridgehead atoms. The highest BCUT2D eigenvalue weighted by Gasteiger charge is 2.75. The number of carbonyl (C=O) groups is 1. The van der Waals surface area contributed by atoms with Crippen LogP contribution in [0.3, 0.4) is 0 Å². The molecule has 1 N–H and O–H groups in total. The van der Waals surface area contributed by atoms with Crippen molar-refractivity contribution in [2.75, 3.05) is 18.6 Å². The predicted molar refractivity (Wildman–Crippen MR) is 95.4 cm³/mol. The van der Waals surface area contributed by atoms with Gasteiger partial charge in [0.1, 0.15) is 11.8 Å². The number of rotatable bonds is 3. The molecule has 0 aromatic heterocycles. The molecule has 3 fully saturated rings. The lowest BCUT2D eigenvalue weighted by Crippen LogP contribution is -2.50. The zero-order valence-electron chi connectivity index (χ0n) is 16.1. The molecule has 1 aromatic carbocycles. The summed E-state index contributed by atoms with van der Waals surface area (Å²) in [6.07, 6.45) is -3.05. The van der Waals surface area contributed by atoms with Crippen LogP contribution in [0, 0.1) is 23.2 Å². The fraction of sp³-hybridized carbons (Fsp3) is 0.500. The average Bonchev–Trinajstić information content (AvgIpc) is 3.25. The van der Waals surface area contributed by atoms with Crippen LogP contribution >= 0.6 is 0 Å². The van der Waals surface area contributed by atoms with Crippen LogP contribution in [-0.2, 0) is 25.3 Å². The van der Waals surface area contributed by atoms with E-state index < -0.39 is 40.7 Å². The summed E-state index contributed by atoms with van der Waals surface area (Å²) in [7, 11) is 1.45. The third kappa shape index (κ3) is 2.28. The number of hydrogen-bond donors (Lipinski definition) is 1. The third-order valence-electron chi connectivity index (χ3n) is 6.61. The van der Waals surface area contributed by atoms with E-state index in [1.165, 1.54) is 18.1 Å². The average molecular weight is 421 g/mol. The van der Waals surface area contributed by atoms with Gasteiger partial charge in [-0.05, 0) is 31.2 Å². The van der Waals surface area contributed by atoms with Crippen LogP contribution < -0.4 is 10.4 Å². The Hall–Kier alpha value is -2.61. The van der Waals surface area contributed by atoms with Gasteiger partial charge in [0.2, 0.25) is 5.91 Å². The molecule has 5 rings (SSSR count). The maximum absolute atomic E-state index is 13.5. The number of hydrogen-bond acceptors (Lipinski definition) is 6. The Kier molecular flexibility index (Phi) is 3.85. The van der Waals surface area contributed by atoms with Crippen molar-refractivity contribution in [1.82, 2.24) is 5.48 Å². The number of hydroxylamine groups is 1. The lowest BCUT2D eigenvalue weighted by atomic mass is 9.69. The van der Waals surface area contributed by atoms with Gasteiger partial charge in [-0.25, -0.2) is 0 Å². The molecule has 1 spiro atoms. The maximum atomic E-state index is 13.5. The number of halogens is 3. The lowest BCUT2D eigenvalue weighted by molar-refractivity contribution is -0.138. The summed E-state index contributed by atoms with van der Waals surface area (Å²) in [5.74, 6) is -1.39. The zero-order chi connectivity index (χ0) is 21.5. The first kappa shape index (κ1) is 19.4. The van der Waals surface area contributed by atoms with Crippen molar-refractivity contribution in [2.24, 2.45) is 11.8 Å². The van der Waals surface area contributed by atoms with Gasteiger partial charge in [-0.15, -0.1) is 0 Å². The van der Waals surface area contributed by atoms with E-state index in [9.17, 15) is 18.0 Å². The van der Waals surface area contributed by atoms with Crippen LogP contribution in [-0.4, -0.2) is 37.1 Å². The van der Waals surface area contributed by atoms with E-state index in [1.54, 1.807) is 13.0 Å². The Balaban J connectivity index is 1.61. The summed E-state index contributed by atoms with van der Waals surface area (Å²) in [4.78, 5) is 19.8. The Morgan fingerprint density at radius 3 is 2.83 bits per heavy atom. The number of alkyl halides is 3. The smallest absolute Gasteiger partial charge is 0.357 e. The summed E-state index contributed by atoms with van der Waals surface area (Å²) in [6.45, 7) is 2.06. The maximum Gasteiger partial charge on any atom is 0.417 e. The van der Waals surface area contributed by atoms with Crippen LogP contribution in [0.15, 0.2) is 30.0 Å². The van der Waals surface area contributed by atoms with Gasteiger partial charge < -0.3 is 9.47 Å². The van der Waals surface area contributed by atoms with Crippen molar-refractivity contribution in [3.8, 4) is 6.07 Å². The molecule has 1 amide bonds. The van der Waals surface area contributed by atoms with Crippen LogP contribution in [0.2, 0.25) is 0 Å². The van der Waals surface area contributed by atoms with E-state index in [0.29, 0.717) is 12.1 Å². The lowest BCUT2D eigenvalue weighted by Gasteiger charge is -2.40. The molecule has 5 atom stereocenters. The topological polar surface area (TPSA) is 83.8 Å². The second kappa shape index (κ2) is 5.97. The molecule has 1 aromatic rings. The molecule has 4 aliphatic rings. The number of amides is 1. The standard InChI is InChI=1S/C20H18F3N3O4/c1-18-13(25-28-2)8-19(30-18)5-6-29-17-15(19)14(18)16(27)26(17)11-4-3-10(9-24)12(7-11)20(21,22)23/h3-4,7-8,14-15,17,25H,5-6H2,1-2H3/t14-,15+,17+,18-,19+/m1/s1. The van der Waals surface area contributed by atoms with E-state index >= 15 is 0 Å². The van der Waals surface area contributed by atoms with Crippen LogP contribution in [0.25, 0.3) is 0 Å².